The molecule has 0 unspecified atom stereocenters. The van der Waals surface area contributed by atoms with E-state index in [-0.39, 0.29) is 24.6 Å². The van der Waals surface area contributed by atoms with Gasteiger partial charge in [-0.3, -0.25) is 4.79 Å². The zero-order valence-electron chi connectivity index (χ0n) is 16.6. The number of ether oxygens (including phenoxy) is 1. The van der Waals surface area contributed by atoms with Gasteiger partial charge in [-0.2, -0.15) is 0 Å². The maximum absolute atomic E-state index is 12.4. The van der Waals surface area contributed by atoms with E-state index < -0.39 is 5.97 Å². The third-order valence-electron chi connectivity index (χ3n) is 4.58. The Morgan fingerprint density at radius 3 is 2.52 bits per heavy atom. The third kappa shape index (κ3) is 5.34. The lowest BCUT2D eigenvalue weighted by Crippen LogP contribution is -2.39. The van der Waals surface area contributed by atoms with E-state index in [2.05, 4.69) is 10.6 Å². The Kier molecular flexibility index (Phi) is 6.49. The minimum atomic E-state index is -0.553. The average Bonchev–Trinajstić information content (AvgIpc) is 3.14. The van der Waals surface area contributed by atoms with Gasteiger partial charge in [-0.15, -0.1) is 0 Å². The Morgan fingerprint density at radius 2 is 1.79 bits per heavy atom. The van der Waals surface area contributed by atoms with Crippen molar-refractivity contribution in [3.8, 4) is 0 Å². The van der Waals surface area contributed by atoms with Gasteiger partial charge in [-0.25, -0.2) is 9.59 Å². The van der Waals surface area contributed by atoms with Crippen molar-refractivity contribution < 1.29 is 19.1 Å². The monoisotopic (exact) mass is 395 g/mol. The molecule has 0 spiro atoms. The standard InChI is InChI=1S/C22H25N3O4/c1-15(2)24-22(28)23-13-16-7-9-18(10-8-16)21(27)29-14-20(26)25-12-11-17-5-3-4-6-19(17)25/h3-10,15H,11-14H2,1-2H3,(H2,23,24,28). The van der Waals surface area contributed by atoms with Gasteiger partial charge in [-0.05, 0) is 49.6 Å². The van der Waals surface area contributed by atoms with E-state index in [1.807, 2.05) is 38.1 Å². The summed E-state index contributed by atoms with van der Waals surface area (Å²) in [6, 6.07) is 14.3. The minimum Gasteiger partial charge on any atom is -0.452 e. The summed E-state index contributed by atoms with van der Waals surface area (Å²) >= 11 is 0. The number of urea groups is 1. The number of rotatable bonds is 6. The Hall–Kier alpha value is -3.35. The number of para-hydroxylation sites is 1. The quantitative estimate of drug-likeness (QED) is 0.736. The van der Waals surface area contributed by atoms with Crippen LogP contribution in [0.15, 0.2) is 48.5 Å². The highest BCUT2D eigenvalue weighted by Gasteiger charge is 2.25. The van der Waals surface area contributed by atoms with Crippen molar-refractivity contribution in [3.63, 3.8) is 0 Å². The van der Waals surface area contributed by atoms with E-state index in [0.29, 0.717) is 18.7 Å². The molecule has 0 saturated heterocycles. The molecule has 0 radical (unpaired) electrons. The Morgan fingerprint density at radius 1 is 1.07 bits per heavy atom. The topological polar surface area (TPSA) is 87.7 Å². The number of hydrogen-bond donors (Lipinski definition) is 2. The number of nitrogens with one attached hydrogen (secondary N) is 2. The Labute approximate surface area is 170 Å². The van der Waals surface area contributed by atoms with Crippen LogP contribution in [0.25, 0.3) is 0 Å². The molecule has 3 rings (SSSR count). The largest absolute Gasteiger partial charge is 0.452 e. The van der Waals surface area contributed by atoms with Gasteiger partial charge < -0.3 is 20.3 Å². The molecule has 29 heavy (non-hydrogen) atoms. The molecule has 0 atom stereocenters. The maximum Gasteiger partial charge on any atom is 0.338 e. The molecular formula is C22H25N3O4. The van der Waals surface area contributed by atoms with Gasteiger partial charge in [0, 0.05) is 24.8 Å². The number of esters is 1. The molecule has 7 nitrogen and oxygen atoms in total. The van der Waals surface area contributed by atoms with Crippen molar-refractivity contribution in [2.75, 3.05) is 18.1 Å². The van der Waals surface area contributed by atoms with E-state index in [1.54, 1.807) is 29.2 Å². The second-order valence-corrected chi connectivity index (χ2v) is 7.18. The second kappa shape index (κ2) is 9.23. The fourth-order valence-electron chi connectivity index (χ4n) is 3.14. The summed E-state index contributed by atoms with van der Waals surface area (Å²) in [5.74, 6) is -0.789. The first-order valence-corrected chi connectivity index (χ1v) is 9.62. The first-order chi connectivity index (χ1) is 13.9. The summed E-state index contributed by atoms with van der Waals surface area (Å²) in [5, 5.41) is 5.48. The smallest absolute Gasteiger partial charge is 0.338 e. The van der Waals surface area contributed by atoms with Crippen LogP contribution >= 0.6 is 0 Å². The van der Waals surface area contributed by atoms with Crippen molar-refractivity contribution in [1.29, 1.82) is 0 Å². The predicted octanol–water partition coefficient (Wildman–Crippen LogP) is 2.64. The fraction of sp³-hybridized carbons (Fsp3) is 0.318. The molecule has 1 aliphatic rings. The van der Waals surface area contributed by atoms with Gasteiger partial charge in [0.25, 0.3) is 5.91 Å². The molecule has 0 aliphatic carbocycles. The highest BCUT2D eigenvalue weighted by Crippen LogP contribution is 2.27. The van der Waals surface area contributed by atoms with Crippen LogP contribution in [0, 0.1) is 0 Å². The summed E-state index contributed by atoms with van der Waals surface area (Å²) in [6.07, 6.45) is 0.806. The van der Waals surface area contributed by atoms with Crippen molar-refractivity contribution in [1.82, 2.24) is 10.6 Å². The number of fused-ring (bicyclic) bond motifs is 1. The van der Waals surface area contributed by atoms with E-state index in [9.17, 15) is 14.4 Å². The van der Waals surface area contributed by atoms with Crippen LogP contribution in [0.2, 0.25) is 0 Å². The number of amides is 3. The van der Waals surface area contributed by atoms with E-state index in [1.165, 1.54) is 0 Å². The molecule has 0 aromatic heterocycles. The molecule has 1 aliphatic heterocycles. The summed E-state index contributed by atoms with van der Waals surface area (Å²) in [6.45, 7) is 4.41. The van der Waals surface area contributed by atoms with Crippen molar-refractivity contribution in [2.45, 2.75) is 32.9 Å². The molecule has 152 valence electrons. The van der Waals surface area contributed by atoms with Crippen molar-refractivity contribution in [3.05, 3.63) is 65.2 Å². The van der Waals surface area contributed by atoms with E-state index in [4.69, 9.17) is 4.74 Å². The van der Waals surface area contributed by atoms with Crippen LogP contribution in [0.5, 0.6) is 0 Å². The first kappa shape index (κ1) is 20.4. The molecule has 1 heterocycles. The van der Waals surface area contributed by atoms with Crippen molar-refractivity contribution >= 4 is 23.6 Å². The average molecular weight is 395 g/mol. The summed E-state index contributed by atoms with van der Waals surface area (Å²) in [4.78, 5) is 37.9. The van der Waals surface area contributed by atoms with Gasteiger partial charge in [0.1, 0.15) is 0 Å². The predicted molar refractivity (Wildman–Crippen MR) is 110 cm³/mol. The van der Waals surface area contributed by atoms with Gasteiger partial charge in [-0.1, -0.05) is 30.3 Å². The molecule has 3 amide bonds. The number of carbonyl (C=O) groups is 3. The van der Waals surface area contributed by atoms with Crippen LogP contribution in [-0.2, 0) is 22.5 Å². The minimum absolute atomic E-state index is 0.0592. The van der Waals surface area contributed by atoms with Gasteiger partial charge in [0.2, 0.25) is 0 Å². The van der Waals surface area contributed by atoms with Gasteiger partial charge >= 0.3 is 12.0 Å². The van der Waals surface area contributed by atoms with Crippen LogP contribution < -0.4 is 15.5 Å². The molecule has 2 aromatic rings. The first-order valence-electron chi connectivity index (χ1n) is 9.62. The molecule has 2 N–H and O–H groups in total. The molecular weight excluding hydrogens is 370 g/mol. The zero-order valence-corrected chi connectivity index (χ0v) is 16.6. The zero-order chi connectivity index (χ0) is 20.8. The summed E-state index contributed by atoms with van der Waals surface area (Å²) in [5.41, 5.74) is 3.21. The van der Waals surface area contributed by atoms with Crippen LogP contribution in [0.4, 0.5) is 10.5 Å². The van der Waals surface area contributed by atoms with Gasteiger partial charge in [0.15, 0.2) is 6.61 Å². The normalized spacial score (nSPS) is 12.4. The SMILES string of the molecule is CC(C)NC(=O)NCc1ccc(C(=O)OCC(=O)N2CCc3ccccc32)cc1. The molecule has 0 fully saturated rings. The summed E-state index contributed by atoms with van der Waals surface area (Å²) < 4.78 is 5.19. The molecule has 7 heteroatoms. The number of nitrogens with zero attached hydrogens (tertiary/aromatic N) is 1. The van der Waals surface area contributed by atoms with E-state index >= 15 is 0 Å². The number of carbonyl (C=O) groups excluding carboxylic acids is 3. The number of benzene rings is 2. The highest BCUT2D eigenvalue weighted by atomic mass is 16.5. The lowest BCUT2D eigenvalue weighted by molar-refractivity contribution is -0.121. The van der Waals surface area contributed by atoms with Crippen molar-refractivity contribution in [2.24, 2.45) is 0 Å². The van der Waals surface area contributed by atoms with Crippen LogP contribution in [0.1, 0.15) is 35.3 Å². The second-order valence-electron chi connectivity index (χ2n) is 7.18. The van der Waals surface area contributed by atoms with Crippen LogP contribution in [0.3, 0.4) is 0 Å². The molecule has 0 saturated carbocycles. The Bertz CT molecular complexity index is 893. The number of anilines is 1. The molecule has 2 aromatic carbocycles. The highest BCUT2D eigenvalue weighted by molar-refractivity contribution is 5.98. The third-order valence-corrected chi connectivity index (χ3v) is 4.58. The lowest BCUT2D eigenvalue weighted by atomic mass is 10.1. The number of hydrogen-bond acceptors (Lipinski definition) is 4. The molecule has 0 bridgehead atoms. The summed E-state index contributed by atoms with van der Waals surface area (Å²) in [7, 11) is 0. The Balaban J connectivity index is 1.48. The van der Waals surface area contributed by atoms with Gasteiger partial charge in [0.05, 0.1) is 5.56 Å². The van der Waals surface area contributed by atoms with E-state index in [0.717, 1.165) is 23.2 Å². The lowest BCUT2D eigenvalue weighted by Gasteiger charge is -2.17. The maximum atomic E-state index is 12.4. The van der Waals surface area contributed by atoms with Crippen LogP contribution in [-0.4, -0.2) is 37.1 Å². The fourth-order valence-corrected chi connectivity index (χ4v) is 3.14.